The van der Waals surface area contributed by atoms with Crippen LogP contribution < -0.4 is 0 Å². The van der Waals surface area contributed by atoms with Gasteiger partial charge < -0.3 is 18.5 Å². The van der Waals surface area contributed by atoms with Crippen molar-refractivity contribution in [1.29, 1.82) is 0 Å². The first kappa shape index (κ1) is 11.4. The Balaban J connectivity index is 0. The third kappa shape index (κ3) is 6.54. The molecule has 0 bridgehead atoms. The minimum absolute atomic E-state index is 0. The zero-order valence-corrected chi connectivity index (χ0v) is 6.57. The molecule has 0 rings (SSSR count). The van der Waals surface area contributed by atoms with Gasteiger partial charge in [-0.1, -0.05) is 13.0 Å². The van der Waals surface area contributed by atoms with E-state index >= 15 is 0 Å². The zero-order valence-electron chi connectivity index (χ0n) is 5.17. The van der Waals surface area contributed by atoms with Gasteiger partial charge in [0.05, 0.1) is 0 Å². The van der Waals surface area contributed by atoms with E-state index in [4.69, 9.17) is 5.11 Å². The van der Waals surface area contributed by atoms with E-state index in [1.54, 1.807) is 0 Å². The van der Waals surface area contributed by atoms with Crippen molar-refractivity contribution >= 4 is 0 Å². The number of hydrogen-bond acceptors (Lipinski definition) is 1. The SMILES string of the molecule is [CH2-]CC(O)[CH-]CC.[V+2]. The summed E-state index contributed by atoms with van der Waals surface area (Å²) in [5, 5.41) is 8.74. The van der Waals surface area contributed by atoms with E-state index in [1.807, 2.05) is 13.3 Å². The second kappa shape index (κ2) is 7.54. The van der Waals surface area contributed by atoms with E-state index in [2.05, 4.69) is 6.92 Å². The average Bonchev–Trinajstić information content (AvgIpc) is 1.68. The van der Waals surface area contributed by atoms with Crippen molar-refractivity contribution in [3.05, 3.63) is 13.3 Å². The monoisotopic (exact) mass is 151 g/mol. The number of aliphatic hydroxyl groups excluding tert-OH is 1. The van der Waals surface area contributed by atoms with Crippen molar-refractivity contribution in [2.75, 3.05) is 0 Å². The van der Waals surface area contributed by atoms with Crippen molar-refractivity contribution in [3.8, 4) is 0 Å². The van der Waals surface area contributed by atoms with E-state index < -0.39 is 0 Å². The molecule has 0 fully saturated rings. The first-order valence-electron chi connectivity index (χ1n) is 2.62. The van der Waals surface area contributed by atoms with E-state index in [-0.39, 0.29) is 24.7 Å². The molecule has 1 N–H and O–H groups in total. The van der Waals surface area contributed by atoms with Crippen LogP contribution in [0.15, 0.2) is 0 Å². The summed E-state index contributed by atoms with van der Waals surface area (Å²) in [5.74, 6) is 0. The first-order valence-corrected chi connectivity index (χ1v) is 2.62. The third-order valence-electron chi connectivity index (χ3n) is 0.804. The first-order chi connectivity index (χ1) is 3.31. The van der Waals surface area contributed by atoms with Gasteiger partial charge in [-0.15, -0.1) is 0 Å². The molecule has 1 nitrogen and oxygen atoms in total. The molecule has 0 aromatic heterocycles. The maximum atomic E-state index is 8.74. The van der Waals surface area contributed by atoms with Crippen molar-refractivity contribution < 1.29 is 23.7 Å². The van der Waals surface area contributed by atoms with E-state index in [9.17, 15) is 0 Å². The van der Waals surface area contributed by atoms with Crippen molar-refractivity contribution in [1.82, 2.24) is 0 Å². The number of rotatable bonds is 3. The summed E-state index contributed by atoms with van der Waals surface area (Å²) < 4.78 is 0. The van der Waals surface area contributed by atoms with Crippen LogP contribution in [0.4, 0.5) is 0 Å². The molecule has 8 heavy (non-hydrogen) atoms. The van der Waals surface area contributed by atoms with Gasteiger partial charge in [-0.3, -0.25) is 0 Å². The second-order valence-electron chi connectivity index (χ2n) is 1.50. The van der Waals surface area contributed by atoms with Gasteiger partial charge in [-0.2, -0.15) is 12.8 Å². The normalized spacial score (nSPS) is 12.4. The summed E-state index contributed by atoms with van der Waals surface area (Å²) in [6, 6.07) is 0. The molecular formula is C6H12OV. The zero-order chi connectivity index (χ0) is 5.70. The average molecular weight is 151 g/mol. The van der Waals surface area contributed by atoms with Crippen LogP contribution in [0.3, 0.4) is 0 Å². The minimum atomic E-state index is -0.287. The van der Waals surface area contributed by atoms with Gasteiger partial charge >= 0.3 is 18.6 Å². The van der Waals surface area contributed by atoms with Crippen LogP contribution in [-0.2, 0) is 18.6 Å². The Morgan fingerprint density at radius 1 is 1.75 bits per heavy atom. The molecule has 1 unspecified atom stereocenters. The molecule has 0 aliphatic carbocycles. The molecule has 0 aliphatic rings. The fourth-order valence-corrected chi connectivity index (χ4v) is 0.390. The van der Waals surface area contributed by atoms with E-state index in [1.165, 1.54) is 0 Å². The summed E-state index contributed by atoms with van der Waals surface area (Å²) in [6.45, 7) is 5.52. The Hall–Kier alpha value is 0.544. The van der Waals surface area contributed by atoms with Crippen LogP contribution in [0.25, 0.3) is 0 Å². The molecular weight excluding hydrogens is 139 g/mol. The van der Waals surface area contributed by atoms with E-state index in [0.717, 1.165) is 6.42 Å². The van der Waals surface area contributed by atoms with Crippen LogP contribution >= 0.6 is 0 Å². The molecule has 0 saturated heterocycles. The van der Waals surface area contributed by atoms with Gasteiger partial charge in [0, 0.05) is 0 Å². The Kier molecular flexibility index (Phi) is 10.7. The Morgan fingerprint density at radius 3 is 2.38 bits per heavy atom. The summed E-state index contributed by atoms with van der Waals surface area (Å²) in [7, 11) is 0. The van der Waals surface area contributed by atoms with E-state index in [0.29, 0.717) is 6.42 Å². The van der Waals surface area contributed by atoms with Gasteiger partial charge in [0.1, 0.15) is 0 Å². The van der Waals surface area contributed by atoms with Crippen LogP contribution in [0.1, 0.15) is 19.8 Å². The fourth-order valence-electron chi connectivity index (χ4n) is 0.390. The molecule has 47 valence electrons. The molecule has 0 heterocycles. The van der Waals surface area contributed by atoms with Crippen LogP contribution in [0, 0.1) is 13.3 Å². The van der Waals surface area contributed by atoms with Crippen molar-refractivity contribution in [2.24, 2.45) is 0 Å². The molecule has 0 amide bonds. The molecule has 2 heteroatoms. The van der Waals surface area contributed by atoms with Gasteiger partial charge in [0.25, 0.3) is 0 Å². The van der Waals surface area contributed by atoms with Crippen LogP contribution in [0.5, 0.6) is 0 Å². The molecule has 0 aliphatic heterocycles. The number of aliphatic hydroxyl groups is 1. The summed E-state index contributed by atoms with van der Waals surface area (Å²) in [4.78, 5) is 0. The molecule has 1 radical (unpaired) electrons. The van der Waals surface area contributed by atoms with Gasteiger partial charge in [0.2, 0.25) is 0 Å². The smallest absolute Gasteiger partial charge is 0.428 e. The molecule has 0 aromatic rings. The van der Waals surface area contributed by atoms with Crippen LogP contribution in [0.2, 0.25) is 0 Å². The summed E-state index contributed by atoms with van der Waals surface area (Å²) in [6.07, 6.45) is 3.07. The Labute approximate surface area is 63.4 Å². The fraction of sp³-hybridized carbons (Fsp3) is 0.667. The molecule has 0 saturated carbocycles. The minimum Gasteiger partial charge on any atom is -0.428 e. The maximum absolute atomic E-state index is 8.74. The Bertz CT molecular complexity index is 39.5. The maximum Gasteiger partial charge on any atom is 2.00 e. The second-order valence-corrected chi connectivity index (χ2v) is 1.50. The molecule has 1 atom stereocenters. The van der Waals surface area contributed by atoms with Crippen molar-refractivity contribution in [3.63, 3.8) is 0 Å². The third-order valence-corrected chi connectivity index (χ3v) is 0.804. The topological polar surface area (TPSA) is 20.2 Å². The predicted octanol–water partition coefficient (Wildman–Crippen LogP) is 1.18. The largest absolute Gasteiger partial charge is 2.00 e. The standard InChI is InChI=1S/C6H12O.V/c1-3-5-6(7)4-2;/h5-7H,2-4H2,1H3;/q-2;+2. The summed E-state index contributed by atoms with van der Waals surface area (Å²) >= 11 is 0. The van der Waals surface area contributed by atoms with Gasteiger partial charge in [0.15, 0.2) is 0 Å². The summed E-state index contributed by atoms with van der Waals surface area (Å²) in [5.41, 5.74) is 0. The van der Waals surface area contributed by atoms with Gasteiger partial charge in [-0.05, 0) is 0 Å². The number of hydrogen-bond donors (Lipinski definition) is 1. The van der Waals surface area contributed by atoms with Crippen molar-refractivity contribution in [2.45, 2.75) is 25.9 Å². The molecule has 0 aromatic carbocycles. The molecule has 0 spiro atoms. The van der Waals surface area contributed by atoms with Gasteiger partial charge in [-0.25, -0.2) is 0 Å². The Morgan fingerprint density at radius 2 is 2.25 bits per heavy atom. The quantitative estimate of drug-likeness (QED) is 0.600. The predicted molar refractivity (Wildman–Crippen MR) is 30.6 cm³/mol. The van der Waals surface area contributed by atoms with Crippen LogP contribution in [-0.4, -0.2) is 11.2 Å².